The van der Waals surface area contributed by atoms with E-state index in [0.717, 1.165) is 45.7 Å². The van der Waals surface area contributed by atoms with E-state index in [0.29, 0.717) is 0 Å². The number of halogens is 2. The van der Waals surface area contributed by atoms with Crippen molar-refractivity contribution in [2.45, 2.75) is 19.4 Å². The monoisotopic (exact) mass is 483 g/mol. The fourth-order valence-electron chi connectivity index (χ4n) is 3.33. The second-order valence-electron chi connectivity index (χ2n) is 6.56. The molecule has 0 spiro atoms. The lowest BCUT2D eigenvalue weighted by Gasteiger charge is -2.12. The maximum atomic E-state index is 13.4. The zero-order chi connectivity index (χ0) is 19.3. The molecule has 0 aliphatic carbocycles. The van der Waals surface area contributed by atoms with E-state index >= 15 is 0 Å². The van der Waals surface area contributed by atoms with Crippen LogP contribution >= 0.6 is 22.6 Å². The first-order valence-corrected chi connectivity index (χ1v) is 10.3. The normalized spacial score (nSPS) is 10.9. The summed E-state index contributed by atoms with van der Waals surface area (Å²) in [5.74, 6) is -0.244. The van der Waals surface area contributed by atoms with Crippen molar-refractivity contribution in [3.05, 3.63) is 94.3 Å². The molecule has 0 saturated heterocycles. The first-order chi connectivity index (χ1) is 13.7. The summed E-state index contributed by atoms with van der Waals surface area (Å²) in [6.07, 6.45) is 5.60. The molecular formula is C23H19FIN3. The average molecular weight is 483 g/mol. The van der Waals surface area contributed by atoms with Crippen molar-refractivity contribution in [2.24, 2.45) is 0 Å². The Morgan fingerprint density at radius 2 is 1.57 bits per heavy atom. The van der Waals surface area contributed by atoms with E-state index in [4.69, 9.17) is 4.98 Å². The van der Waals surface area contributed by atoms with Crippen LogP contribution in [0.2, 0.25) is 0 Å². The lowest BCUT2D eigenvalue weighted by molar-refractivity contribution is 0.628. The Balaban J connectivity index is 1.70. The van der Waals surface area contributed by atoms with Crippen molar-refractivity contribution >= 4 is 22.6 Å². The van der Waals surface area contributed by atoms with Crippen LogP contribution < -0.4 is 0 Å². The van der Waals surface area contributed by atoms with Crippen LogP contribution in [0.4, 0.5) is 4.39 Å². The van der Waals surface area contributed by atoms with Gasteiger partial charge in [0.15, 0.2) is 3.83 Å². The molecule has 0 bridgehead atoms. The summed E-state index contributed by atoms with van der Waals surface area (Å²) in [5.41, 5.74) is 5.22. The Hall–Kier alpha value is -2.54. The van der Waals surface area contributed by atoms with Crippen LogP contribution in [0.25, 0.3) is 22.5 Å². The fourth-order valence-corrected chi connectivity index (χ4v) is 4.05. The molecule has 28 heavy (non-hydrogen) atoms. The van der Waals surface area contributed by atoms with E-state index in [1.165, 1.54) is 17.7 Å². The summed E-state index contributed by atoms with van der Waals surface area (Å²) in [4.78, 5) is 8.96. The van der Waals surface area contributed by atoms with Crippen molar-refractivity contribution in [3.63, 3.8) is 0 Å². The van der Waals surface area contributed by atoms with Gasteiger partial charge in [-0.1, -0.05) is 30.3 Å². The maximum absolute atomic E-state index is 13.4. The van der Waals surface area contributed by atoms with Crippen LogP contribution in [-0.4, -0.2) is 14.5 Å². The van der Waals surface area contributed by atoms with E-state index in [2.05, 4.69) is 56.4 Å². The number of rotatable bonds is 6. The Morgan fingerprint density at radius 3 is 2.29 bits per heavy atom. The van der Waals surface area contributed by atoms with Gasteiger partial charge in [-0.15, -0.1) is 0 Å². The van der Waals surface area contributed by atoms with E-state index in [1.54, 1.807) is 24.5 Å². The van der Waals surface area contributed by atoms with Gasteiger partial charge in [0.25, 0.3) is 0 Å². The number of hydrogen-bond acceptors (Lipinski definition) is 2. The number of aromatic nitrogens is 3. The zero-order valence-corrected chi connectivity index (χ0v) is 17.4. The Kier molecular flexibility index (Phi) is 5.81. The third kappa shape index (κ3) is 4.14. The van der Waals surface area contributed by atoms with E-state index in [1.807, 2.05) is 18.2 Å². The van der Waals surface area contributed by atoms with Gasteiger partial charge in [0.1, 0.15) is 5.82 Å². The Labute approximate surface area is 177 Å². The first-order valence-electron chi connectivity index (χ1n) is 9.18. The Morgan fingerprint density at radius 1 is 0.857 bits per heavy atom. The lowest BCUT2D eigenvalue weighted by atomic mass is 10.1. The summed E-state index contributed by atoms with van der Waals surface area (Å²) < 4.78 is 16.6. The molecule has 0 aliphatic heterocycles. The molecule has 5 heteroatoms. The van der Waals surface area contributed by atoms with Gasteiger partial charge in [0.2, 0.25) is 0 Å². The van der Waals surface area contributed by atoms with Crippen molar-refractivity contribution in [1.82, 2.24) is 14.5 Å². The van der Waals surface area contributed by atoms with Crippen molar-refractivity contribution in [3.8, 4) is 22.5 Å². The molecule has 2 aromatic heterocycles. The number of nitrogens with zero attached hydrogens (tertiary/aromatic N) is 3. The zero-order valence-electron chi connectivity index (χ0n) is 15.2. The summed E-state index contributed by atoms with van der Waals surface area (Å²) >= 11 is 2.28. The summed E-state index contributed by atoms with van der Waals surface area (Å²) in [6.45, 7) is 0.860. The molecule has 0 saturated carbocycles. The molecule has 0 N–H and O–H groups in total. The molecule has 0 amide bonds. The van der Waals surface area contributed by atoms with Gasteiger partial charge in [-0.05, 0) is 77.4 Å². The predicted octanol–water partition coefficient (Wildman–Crippen LogP) is 5.99. The first kappa shape index (κ1) is 18.8. The fraction of sp³-hybridized carbons (Fsp3) is 0.130. The molecule has 2 heterocycles. The molecule has 0 radical (unpaired) electrons. The minimum absolute atomic E-state index is 0.244. The largest absolute Gasteiger partial charge is 0.319 e. The van der Waals surface area contributed by atoms with Gasteiger partial charge < -0.3 is 4.57 Å². The summed E-state index contributed by atoms with van der Waals surface area (Å²) in [5, 5.41) is 0. The molecule has 0 aliphatic rings. The van der Waals surface area contributed by atoms with Gasteiger partial charge in [0, 0.05) is 30.1 Å². The van der Waals surface area contributed by atoms with Gasteiger partial charge in [0.05, 0.1) is 11.4 Å². The van der Waals surface area contributed by atoms with Crippen LogP contribution in [-0.2, 0) is 13.0 Å². The Bertz CT molecular complexity index is 1040. The molecule has 3 nitrogen and oxygen atoms in total. The van der Waals surface area contributed by atoms with Crippen molar-refractivity contribution < 1.29 is 4.39 Å². The number of hydrogen-bond donors (Lipinski definition) is 0. The standard InChI is InChI=1S/C23H19FIN3/c24-20-10-8-18(9-11-20)21-22(19-12-14-26-15-13-19)28(23(25)27-21)16-4-7-17-5-2-1-3-6-17/h1-3,5-6,8-15H,4,7,16H2. The molecule has 0 atom stereocenters. The lowest BCUT2D eigenvalue weighted by Crippen LogP contribution is -2.04. The van der Waals surface area contributed by atoms with Gasteiger partial charge in [-0.3, -0.25) is 4.98 Å². The van der Waals surface area contributed by atoms with Crippen molar-refractivity contribution in [2.75, 3.05) is 0 Å². The quantitative estimate of drug-likeness (QED) is 0.316. The maximum Gasteiger partial charge on any atom is 0.172 e. The van der Waals surface area contributed by atoms with E-state index in [-0.39, 0.29) is 5.82 Å². The van der Waals surface area contributed by atoms with Crippen LogP contribution in [0.15, 0.2) is 79.1 Å². The van der Waals surface area contributed by atoms with Gasteiger partial charge in [-0.2, -0.15) is 0 Å². The minimum atomic E-state index is -0.244. The van der Waals surface area contributed by atoms with E-state index in [9.17, 15) is 4.39 Å². The van der Waals surface area contributed by atoms with Crippen LogP contribution in [0.5, 0.6) is 0 Å². The average Bonchev–Trinajstić information content (AvgIpc) is 3.06. The number of benzene rings is 2. The second-order valence-corrected chi connectivity index (χ2v) is 7.53. The molecule has 4 aromatic rings. The molecule has 4 rings (SSSR count). The molecule has 2 aromatic carbocycles. The second kappa shape index (κ2) is 8.65. The highest BCUT2D eigenvalue weighted by Gasteiger charge is 2.18. The molecule has 0 fully saturated rings. The van der Waals surface area contributed by atoms with Crippen LogP contribution in [0, 0.1) is 9.65 Å². The highest BCUT2D eigenvalue weighted by atomic mass is 127. The van der Waals surface area contributed by atoms with Crippen LogP contribution in [0.3, 0.4) is 0 Å². The summed E-state index contributed by atoms with van der Waals surface area (Å²) in [6, 6.07) is 21.0. The summed E-state index contributed by atoms with van der Waals surface area (Å²) in [7, 11) is 0. The third-order valence-electron chi connectivity index (χ3n) is 4.68. The topological polar surface area (TPSA) is 30.7 Å². The van der Waals surface area contributed by atoms with Gasteiger partial charge >= 0.3 is 0 Å². The molecular weight excluding hydrogens is 464 g/mol. The molecule has 140 valence electrons. The number of pyridine rings is 1. The predicted molar refractivity (Wildman–Crippen MR) is 118 cm³/mol. The molecule has 0 unspecified atom stereocenters. The van der Waals surface area contributed by atoms with Gasteiger partial charge in [-0.25, -0.2) is 9.37 Å². The minimum Gasteiger partial charge on any atom is -0.319 e. The highest BCUT2D eigenvalue weighted by Crippen LogP contribution is 2.33. The SMILES string of the molecule is Fc1ccc(-c2nc(I)n(CCCc3ccccc3)c2-c2ccncc2)cc1. The number of imidazole rings is 1. The van der Waals surface area contributed by atoms with Crippen LogP contribution in [0.1, 0.15) is 12.0 Å². The smallest absolute Gasteiger partial charge is 0.172 e. The third-order valence-corrected chi connectivity index (χ3v) is 5.51. The highest BCUT2D eigenvalue weighted by molar-refractivity contribution is 14.1. The number of aryl methyl sites for hydroxylation is 1. The van der Waals surface area contributed by atoms with Crippen molar-refractivity contribution in [1.29, 1.82) is 0 Å². The van der Waals surface area contributed by atoms with E-state index < -0.39 is 0 Å².